The molecular weight excluding hydrogens is 685 g/mol. The molecule has 0 saturated carbocycles. The van der Waals surface area contributed by atoms with E-state index in [4.69, 9.17) is 9.72 Å². The number of fused-ring (bicyclic) bond motifs is 9. The van der Waals surface area contributed by atoms with Crippen molar-refractivity contribution < 1.29 is 9.30 Å². The molecule has 284 valence electrons. The SMILES string of the molecule is CC(C)(C)c1cc2c(c(C(C)(C)C)c1)C1(c3ccc(Oc4cccc(-[n+]5[c-][nH]cc5)c4)cc3-n3cnc4cccc1c43)c1c-2cc(C(C)(C)C)cc1C(C)(C)C. The third kappa shape index (κ3) is 5.33. The average molecular weight is 739 g/mol. The summed E-state index contributed by atoms with van der Waals surface area (Å²) >= 11 is 0. The summed E-state index contributed by atoms with van der Waals surface area (Å²) in [6.45, 7) is 28.4. The van der Waals surface area contributed by atoms with E-state index in [0.29, 0.717) is 0 Å². The van der Waals surface area contributed by atoms with Crippen LogP contribution < -0.4 is 9.30 Å². The number of hydrogen-bond donors (Lipinski definition) is 1. The molecule has 5 aromatic carbocycles. The van der Waals surface area contributed by atoms with Crippen LogP contribution in [0.1, 0.15) is 128 Å². The molecular formula is C51H54N4O. The van der Waals surface area contributed by atoms with E-state index in [-0.39, 0.29) is 21.7 Å². The normalized spacial score (nSPS) is 14.6. The Morgan fingerprint density at radius 2 is 1.25 bits per heavy atom. The molecule has 5 heteroatoms. The van der Waals surface area contributed by atoms with E-state index in [0.717, 1.165) is 33.9 Å². The van der Waals surface area contributed by atoms with Gasteiger partial charge in [-0.2, -0.15) is 0 Å². The molecule has 56 heavy (non-hydrogen) atoms. The number of para-hydroxylation sites is 1. The molecule has 0 unspecified atom stereocenters. The van der Waals surface area contributed by atoms with E-state index in [1.165, 1.54) is 55.6 Å². The molecule has 0 saturated heterocycles. The lowest BCUT2D eigenvalue weighted by atomic mass is 9.60. The number of imidazole rings is 2. The predicted octanol–water partition coefficient (Wildman–Crippen LogP) is 12.1. The first-order chi connectivity index (χ1) is 26.3. The highest BCUT2D eigenvalue weighted by Gasteiger charge is 2.55. The van der Waals surface area contributed by atoms with Gasteiger partial charge in [0.25, 0.3) is 0 Å². The quantitative estimate of drug-likeness (QED) is 0.145. The van der Waals surface area contributed by atoms with E-state index >= 15 is 0 Å². The third-order valence-electron chi connectivity index (χ3n) is 12.1. The van der Waals surface area contributed by atoms with E-state index in [9.17, 15) is 0 Å². The first-order valence-electron chi connectivity index (χ1n) is 20.0. The summed E-state index contributed by atoms with van der Waals surface area (Å²) in [6.07, 6.45) is 8.93. The predicted molar refractivity (Wildman–Crippen MR) is 228 cm³/mol. The van der Waals surface area contributed by atoms with Gasteiger partial charge in [-0.1, -0.05) is 138 Å². The number of aromatic amines is 1. The van der Waals surface area contributed by atoms with Gasteiger partial charge in [0, 0.05) is 18.5 Å². The van der Waals surface area contributed by atoms with Gasteiger partial charge in [-0.25, -0.2) is 4.98 Å². The molecule has 1 N–H and O–H groups in total. The molecule has 2 aromatic heterocycles. The van der Waals surface area contributed by atoms with E-state index in [2.05, 4.69) is 166 Å². The van der Waals surface area contributed by atoms with Gasteiger partial charge in [-0.3, -0.25) is 4.57 Å². The zero-order valence-corrected chi connectivity index (χ0v) is 35.1. The van der Waals surface area contributed by atoms with Crippen LogP contribution >= 0.6 is 0 Å². The highest BCUT2D eigenvalue weighted by Crippen LogP contribution is 2.65. The second kappa shape index (κ2) is 11.8. The number of aromatic nitrogens is 4. The second-order valence-electron chi connectivity index (χ2n) is 20.2. The Morgan fingerprint density at radius 1 is 0.643 bits per heavy atom. The zero-order valence-electron chi connectivity index (χ0n) is 35.1. The van der Waals surface area contributed by atoms with Crippen molar-refractivity contribution >= 4 is 11.0 Å². The lowest BCUT2D eigenvalue weighted by Gasteiger charge is -2.44. The highest BCUT2D eigenvalue weighted by atomic mass is 16.5. The molecule has 0 radical (unpaired) electrons. The maximum atomic E-state index is 6.72. The van der Waals surface area contributed by atoms with Crippen LogP contribution in [0.4, 0.5) is 0 Å². The van der Waals surface area contributed by atoms with Gasteiger partial charge in [0.2, 0.25) is 6.33 Å². The Balaban J connectivity index is 1.42. The summed E-state index contributed by atoms with van der Waals surface area (Å²) < 4.78 is 11.0. The van der Waals surface area contributed by atoms with Crippen LogP contribution in [0.25, 0.3) is 33.5 Å². The van der Waals surface area contributed by atoms with E-state index in [1.807, 2.05) is 41.5 Å². The minimum absolute atomic E-state index is 0.0380. The van der Waals surface area contributed by atoms with Crippen molar-refractivity contribution in [3.63, 3.8) is 0 Å². The van der Waals surface area contributed by atoms with Crippen molar-refractivity contribution in [2.45, 2.75) is 110 Å². The van der Waals surface area contributed by atoms with Crippen molar-refractivity contribution in [1.82, 2.24) is 14.5 Å². The first-order valence-corrected chi connectivity index (χ1v) is 20.0. The number of nitrogens with one attached hydrogen (secondary N) is 1. The molecule has 5 nitrogen and oxygen atoms in total. The van der Waals surface area contributed by atoms with Gasteiger partial charge in [0.05, 0.1) is 27.8 Å². The summed E-state index contributed by atoms with van der Waals surface area (Å²) in [7, 11) is 0. The third-order valence-corrected chi connectivity index (χ3v) is 12.1. The van der Waals surface area contributed by atoms with Crippen molar-refractivity contribution in [2.75, 3.05) is 0 Å². The minimum atomic E-state index is -0.618. The maximum Gasteiger partial charge on any atom is 0.241 e. The van der Waals surface area contributed by atoms with Crippen LogP contribution in [-0.4, -0.2) is 14.5 Å². The fourth-order valence-electron chi connectivity index (χ4n) is 9.26. The van der Waals surface area contributed by atoms with Crippen LogP contribution in [0.3, 0.4) is 0 Å². The van der Waals surface area contributed by atoms with E-state index in [1.54, 1.807) is 0 Å². The molecule has 1 spiro atoms. The Kier molecular flexibility index (Phi) is 7.63. The number of H-pyrrole nitrogens is 1. The number of benzene rings is 5. The zero-order chi connectivity index (χ0) is 39.7. The molecule has 7 aromatic rings. The van der Waals surface area contributed by atoms with Gasteiger partial charge in [0.15, 0.2) is 0 Å². The van der Waals surface area contributed by atoms with Crippen LogP contribution in [0.5, 0.6) is 11.5 Å². The summed E-state index contributed by atoms with van der Waals surface area (Å²) in [5, 5.41) is 0. The number of rotatable bonds is 3. The van der Waals surface area contributed by atoms with Crippen LogP contribution in [0, 0.1) is 6.33 Å². The van der Waals surface area contributed by atoms with Crippen molar-refractivity contribution in [3.8, 4) is 34.0 Å². The Labute approximate surface area is 332 Å². The van der Waals surface area contributed by atoms with Crippen LogP contribution in [0.2, 0.25) is 0 Å². The number of ether oxygens (including phenoxy) is 1. The van der Waals surface area contributed by atoms with E-state index < -0.39 is 5.41 Å². The fraction of sp³-hybridized carbons (Fsp3) is 0.333. The Morgan fingerprint density at radius 3 is 1.82 bits per heavy atom. The van der Waals surface area contributed by atoms with Crippen molar-refractivity contribution in [2.24, 2.45) is 0 Å². The summed E-state index contributed by atoms with van der Waals surface area (Å²) in [6, 6.07) is 31.8. The molecule has 9 rings (SSSR count). The minimum Gasteiger partial charge on any atom is -0.458 e. The van der Waals surface area contributed by atoms with Crippen molar-refractivity contribution in [1.29, 1.82) is 0 Å². The average Bonchev–Trinajstić information content (AvgIpc) is 3.87. The van der Waals surface area contributed by atoms with Gasteiger partial charge in [0.1, 0.15) is 17.8 Å². The fourth-order valence-corrected chi connectivity index (χ4v) is 9.26. The van der Waals surface area contributed by atoms with Crippen molar-refractivity contribution in [3.05, 3.63) is 154 Å². The molecule has 1 aliphatic heterocycles. The number of nitrogens with zero attached hydrogens (tertiary/aromatic N) is 3. The summed E-state index contributed by atoms with van der Waals surface area (Å²) in [5.74, 6) is 1.54. The summed E-state index contributed by atoms with van der Waals surface area (Å²) in [4.78, 5) is 8.08. The standard InChI is InChI=1S/C51H54N4O/c1-47(2,3)31-23-36-37-24-32(48(4,5)6)26-41(50(10,11)12)45(37)51(44(36)40(25-31)49(7,8)9)38-20-19-35(56-34-16-13-15-33(27-34)54-22-21-52-29-54)28-43(38)55-30-53-42-18-14-17-39(51)46(42)55/h13-28,30,52H,1-12H3. The molecule has 0 fully saturated rings. The lowest BCUT2D eigenvalue weighted by molar-refractivity contribution is -0.598. The lowest BCUT2D eigenvalue weighted by Crippen LogP contribution is -2.38. The van der Waals surface area contributed by atoms with Crippen LogP contribution in [-0.2, 0) is 27.1 Å². The van der Waals surface area contributed by atoms with Gasteiger partial charge in [-0.15, -0.1) is 0 Å². The Bertz CT molecular complexity index is 2620. The smallest absolute Gasteiger partial charge is 0.241 e. The van der Waals surface area contributed by atoms with Crippen LogP contribution in [0.15, 0.2) is 104 Å². The second-order valence-corrected chi connectivity index (χ2v) is 20.2. The van der Waals surface area contributed by atoms with Gasteiger partial charge in [-0.05, 0) is 102 Å². The largest absolute Gasteiger partial charge is 0.458 e. The topological polar surface area (TPSA) is 46.7 Å². The Hall–Kier alpha value is -5.42. The highest BCUT2D eigenvalue weighted by molar-refractivity contribution is 5.97. The monoisotopic (exact) mass is 738 g/mol. The van der Waals surface area contributed by atoms with Gasteiger partial charge >= 0.3 is 0 Å². The van der Waals surface area contributed by atoms with Gasteiger partial charge < -0.3 is 14.3 Å². The molecule has 1 aliphatic carbocycles. The molecule has 0 amide bonds. The molecule has 0 bridgehead atoms. The molecule has 3 heterocycles. The maximum absolute atomic E-state index is 6.72. The molecule has 2 aliphatic rings. The first kappa shape index (κ1) is 36.2. The molecule has 0 atom stereocenters. The summed E-state index contributed by atoms with van der Waals surface area (Å²) in [5.41, 5.74) is 16.7. The number of hydrogen-bond acceptors (Lipinski definition) is 2.